The topological polar surface area (TPSA) is 112 Å². The zero-order valence-corrected chi connectivity index (χ0v) is 17.7. The molecule has 0 bridgehead atoms. The molecular weight excluding hydrogens is 386 g/mol. The first-order chi connectivity index (χ1) is 14.0. The van der Waals surface area contributed by atoms with Gasteiger partial charge in [0.05, 0.1) is 28.7 Å². The zero-order valence-electron chi connectivity index (χ0n) is 16.8. The fourth-order valence-corrected chi connectivity index (χ4v) is 5.11. The van der Waals surface area contributed by atoms with Crippen molar-refractivity contribution >= 4 is 46.2 Å². The summed E-state index contributed by atoms with van der Waals surface area (Å²) < 4.78 is 0. The first-order valence-electron chi connectivity index (χ1n) is 9.82. The number of amides is 1. The number of fused-ring (bicyclic) bond motifs is 3. The van der Waals surface area contributed by atoms with Gasteiger partial charge in [-0.15, -0.1) is 11.3 Å². The van der Waals surface area contributed by atoms with Crippen LogP contribution in [0.2, 0.25) is 0 Å². The molecule has 0 unspecified atom stereocenters. The normalized spacial score (nSPS) is 24.2. The second kappa shape index (κ2) is 7.22. The van der Waals surface area contributed by atoms with Crippen molar-refractivity contribution in [3.63, 3.8) is 0 Å². The number of rotatable bonds is 5. The van der Waals surface area contributed by atoms with Gasteiger partial charge in [0, 0.05) is 24.7 Å². The SMILES string of the molecule is CC[C@@H]1CC[C@@]2(CC)C(=O)N(C)c3cnc(/C(C=N)=C(/N)c4cscn4)nc3N12. The highest BCUT2D eigenvalue weighted by atomic mass is 32.1. The molecule has 2 aromatic rings. The Hall–Kier alpha value is -2.81. The number of hydrogen-bond donors (Lipinski definition) is 2. The fraction of sp³-hybridized carbons (Fsp3) is 0.450. The molecule has 2 atom stereocenters. The summed E-state index contributed by atoms with van der Waals surface area (Å²) in [4.78, 5) is 30.7. The molecule has 1 saturated heterocycles. The predicted molar refractivity (Wildman–Crippen MR) is 116 cm³/mol. The van der Waals surface area contributed by atoms with Crippen LogP contribution in [0.15, 0.2) is 17.1 Å². The molecule has 0 aromatic carbocycles. The number of anilines is 2. The average Bonchev–Trinajstić information content (AvgIpc) is 3.41. The third kappa shape index (κ3) is 2.75. The third-order valence-corrected chi connectivity index (χ3v) is 6.79. The summed E-state index contributed by atoms with van der Waals surface area (Å²) in [6, 6.07) is 0.248. The maximum atomic E-state index is 13.3. The van der Waals surface area contributed by atoms with E-state index < -0.39 is 5.54 Å². The summed E-state index contributed by atoms with van der Waals surface area (Å²) in [5.41, 5.74) is 9.51. The van der Waals surface area contributed by atoms with Gasteiger partial charge in [-0.1, -0.05) is 13.8 Å². The molecule has 0 radical (unpaired) electrons. The first-order valence-corrected chi connectivity index (χ1v) is 10.8. The lowest BCUT2D eigenvalue weighted by Crippen LogP contribution is -2.61. The summed E-state index contributed by atoms with van der Waals surface area (Å²) in [6.45, 7) is 4.21. The molecule has 3 N–H and O–H groups in total. The molecule has 2 aromatic heterocycles. The molecule has 1 amide bonds. The number of carbonyl (C=O) groups is 1. The lowest BCUT2D eigenvalue weighted by Gasteiger charge is -2.47. The highest BCUT2D eigenvalue weighted by Gasteiger charge is 2.55. The van der Waals surface area contributed by atoms with E-state index in [9.17, 15) is 4.79 Å². The Kier molecular flexibility index (Phi) is 4.85. The maximum Gasteiger partial charge on any atom is 0.252 e. The summed E-state index contributed by atoms with van der Waals surface area (Å²) in [6.07, 6.45) is 6.26. The molecule has 0 aliphatic carbocycles. The highest BCUT2D eigenvalue weighted by Crippen LogP contribution is 2.48. The quantitative estimate of drug-likeness (QED) is 0.732. The summed E-state index contributed by atoms with van der Waals surface area (Å²) in [7, 11) is 1.79. The van der Waals surface area contributed by atoms with Crippen LogP contribution in [0.1, 0.15) is 51.0 Å². The molecule has 8 nitrogen and oxygen atoms in total. The number of nitrogens with zero attached hydrogens (tertiary/aromatic N) is 5. The Balaban J connectivity index is 1.90. The van der Waals surface area contributed by atoms with Crippen LogP contribution in [0.3, 0.4) is 0 Å². The van der Waals surface area contributed by atoms with Gasteiger partial charge in [-0.2, -0.15) is 0 Å². The molecule has 4 heterocycles. The number of nitrogens with one attached hydrogen (secondary N) is 1. The number of allylic oxidation sites excluding steroid dienone is 1. The first kappa shape index (κ1) is 19.5. The molecule has 29 heavy (non-hydrogen) atoms. The van der Waals surface area contributed by atoms with Crippen molar-refractivity contribution < 1.29 is 4.79 Å². The van der Waals surface area contributed by atoms with Gasteiger partial charge in [-0.05, 0) is 25.7 Å². The minimum Gasteiger partial charge on any atom is -0.396 e. The smallest absolute Gasteiger partial charge is 0.252 e. The molecule has 152 valence electrons. The second-order valence-electron chi connectivity index (χ2n) is 7.47. The van der Waals surface area contributed by atoms with Crippen molar-refractivity contribution in [2.24, 2.45) is 5.73 Å². The minimum absolute atomic E-state index is 0.101. The Morgan fingerprint density at radius 1 is 1.45 bits per heavy atom. The molecular formula is C20H25N7OS. The summed E-state index contributed by atoms with van der Waals surface area (Å²) in [5, 5.41) is 9.73. The largest absolute Gasteiger partial charge is 0.396 e. The van der Waals surface area contributed by atoms with E-state index in [0.717, 1.165) is 31.5 Å². The third-order valence-electron chi connectivity index (χ3n) is 6.20. The number of thiazole rings is 1. The van der Waals surface area contributed by atoms with Crippen molar-refractivity contribution in [2.75, 3.05) is 16.8 Å². The second-order valence-corrected chi connectivity index (χ2v) is 8.19. The van der Waals surface area contributed by atoms with Gasteiger partial charge in [-0.25, -0.2) is 15.0 Å². The average molecular weight is 412 g/mol. The van der Waals surface area contributed by atoms with E-state index in [0.29, 0.717) is 28.5 Å². The van der Waals surface area contributed by atoms with E-state index >= 15 is 0 Å². The molecule has 2 aliphatic heterocycles. The van der Waals surface area contributed by atoms with Crippen molar-refractivity contribution in [3.05, 3.63) is 28.6 Å². The van der Waals surface area contributed by atoms with Crippen molar-refractivity contribution in [1.29, 1.82) is 5.41 Å². The fourth-order valence-electron chi connectivity index (χ4n) is 4.55. The van der Waals surface area contributed by atoms with Gasteiger partial charge >= 0.3 is 0 Å². The van der Waals surface area contributed by atoms with Crippen LogP contribution in [0.4, 0.5) is 11.5 Å². The Morgan fingerprint density at radius 2 is 2.24 bits per heavy atom. The Labute approximate surface area is 174 Å². The van der Waals surface area contributed by atoms with Gasteiger partial charge in [0.15, 0.2) is 11.6 Å². The lowest BCUT2D eigenvalue weighted by molar-refractivity contribution is -0.123. The van der Waals surface area contributed by atoms with Gasteiger partial charge < -0.3 is 20.9 Å². The van der Waals surface area contributed by atoms with Crippen LogP contribution in [0, 0.1) is 5.41 Å². The number of nitrogens with two attached hydrogens (primary N) is 1. The molecule has 9 heteroatoms. The van der Waals surface area contributed by atoms with Crippen molar-refractivity contribution in [3.8, 4) is 0 Å². The van der Waals surface area contributed by atoms with E-state index in [4.69, 9.17) is 16.1 Å². The monoisotopic (exact) mass is 411 g/mol. The number of aromatic nitrogens is 3. The van der Waals surface area contributed by atoms with E-state index in [2.05, 4.69) is 28.7 Å². The van der Waals surface area contributed by atoms with Gasteiger partial charge in [0.1, 0.15) is 11.2 Å². The lowest BCUT2D eigenvalue weighted by atomic mass is 9.89. The molecule has 0 spiro atoms. The number of likely N-dealkylation sites (N-methyl/N-ethyl adjacent to an activating group) is 1. The summed E-state index contributed by atoms with van der Waals surface area (Å²) >= 11 is 1.44. The van der Waals surface area contributed by atoms with Gasteiger partial charge in [-0.3, -0.25) is 4.79 Å². The van der Waals surface area contributed by atoms with Gasteiger partial charge in [0.25, 0.3) is 5.91 Å². The van der Waals surface area contributed by atoms with Crippen LogP contribution in [0.25, 0.3) is 11.3 Å². The number of carbonyl (C=O) groups excluding carboxylic acids is 1. The Morgan fingerprint density at radius 3 is 2.86 bits per heavy atom. The van der Waals surface area contributed by atoms with Crippen LogP contribution in [-0.2, 0) is 4.79 Å². The van der Waals surface area contributed by atoms with E-state index in [1.807, 2.05) is 5.38 Å². The highest BCUT2D eigenvalue weighted by molar-refractivity contribution is 7.07. The zero-order chi connectivity index (χ0) is 20.8. The van der Waals surface area contributed by atoms with E-state index in [-0.39, 0.29) is 11.9 Å². The van der Waals surface area contributed by atoms with Crippen LogP contribution in [-0.4, -0.2) is 45.7 Å². The summed E-state index contributed by atoms with van der Waals surface area (Å²) in [5.74, 6) is 1.22. The van der Waals surface area contributed by atoms with E-state index in [1.54, 1.807) is 23.7 Å². The Bertz CT molecular complexity index is 987. The van der Waals surface area contributed by atoms with Crippen molar-refractivity contribution in [2.45, 2.75) is 51.1 Å². The number of hydrogen-bond acceptors (Lipinski definition) is 8. The van der Waals surface area contributed by atoms with Crippen LogP contribution >= 0.6 is 11.3 Å². The van der Waals surface area contributed by atoms with Crippen LogP contribution in [0.5, 0.6) is 0 Å². The van der Waals surface area contributed by atoms with E-state index in [1.165, 1.54) is 17.6 Å². The van der Waals surface area contributed by atoms with Crippen molar-refractivity contribution in [1.82, 2.24) is 15.0 Å². The molecule has 4 rings (SSSR count). The maximum absolute atomic E-state index is 13.3. The predicted octanol–water partition coefficient (Wildman–Crippen LogP) is 2.91. The minimum atomic E-state index is -0.566. The van der Waals surface area contributed by atoms with Gasteiger partial charge in [0.2, 0.25) is 0 Å². The van der Waals surface area contributed by atoms with Crippen LogP contribution < -0.4 is 15.5 Å². The standard InChI is InChI=1S/C20H25N7OS/c1-4-12-6-7-20(5-2)19(28)26(3)15-9-23-17(25-18(15)27(12)20)13(8-21)16(22)14-10-29-11-24-14/h8-12,21H,4-7,22H2,1-3H3/b16-13+,21-8?/t12-,20+/m1/s1. The molecule has 2 aliphatic rings. The molecule has 1 fully saturated rings. The molecule has 0 saturated carbocycles.